The molecule has 0 rings (SSSR count). The maximum Gasteiger partial charge on any atom is 0.320 e. The van der Waals surface area contributed by atoms with Gasteiger partial charge >= 0.3 is 5.97 Å². The second kappa shape index (κ2) is 5.28. The average Bonchev–Trinajstić information content (AvgIpc) is 1.97. The first kappa shape index (κ1) is 13.3. The summed E-state index contributed by atoms with van der Waals surface area (Å²) in [4.78, 5) is 10.2. The van der Waals surface area contributed by atoms with E-state index in [0.717, 1.165) is 0 Å². The average molecular weight is 225 g/mol. The Labute approximate surface area is 83.0 Å². The first-order valence-electron chi connectivity index (χ1n) is 4.11. The molecule has 3 N–H and O–H groups in total. The van der Waals surface area contributed by atoms with Gasteiger partial charge in [-0.2, -0.15) is 0 Å². The summed E-state index contributed by atoms with van der Waals surface area (Å²) in [7, 11) is -3.85. The van der Waals surface area contributed by atoms with Crippen molar-refractivity contribution in [2.75, 3.05) is 12.4 Å². The molecular formula is C7H15NO5S. The van der Waals surface area contributed by atoms with Crippen LogP contribution in [0, 0.1) is 5.92 Å². The lowest BCUT2D eigenvalue weighted by atomic mass is 10.1. The van der Waals surface area contributed by atoms with Crippen LogP contribution in [0.25, 0.3) is 0 Å². The van der Waals surface area contributed by atoms with Crippen molar-refractivity contribution >= 4 is 16.0 Å². The van der Waals surface area contributed by atoms with Crippen molar-refractivity contribution in [3.8, 4) is 0 Å². The number of carbonyl (C=O) groups is 1. The molecule has 0 amide bonds. The lowest BCUT2D eigenvalue weighted by Gasteiger charge is -2.18. The molecule has 0 radical (unpaired) electrons. The highest BCUT2D eigenvalue weighted by atomic mass is 32.2. The summed E-state index contributed by atoms with van der Waals surface area (Å²) in [6, 6.07) is -0.639. The third-order valence-corrected chi connectivity index (χ3v) is 2.93. The van der Waals surface area contributed by atoms with Gasteiger partial charge in [-0.25, -0.2) is 13.1 Å². The Balaban J connectivity index is 4.41. The summed E-state index contributed by atoms with van der Waals surface area (Å²) in [5.41, 5.74) is 0. The maximum atomic E-state index is 11.1. The van der Waals surface area contributed by atoms with Crippen molar-refractivity contribution in [2.45, 2.75) is 19.9 Å². The fraction of sp³-hybridized carbons (Fsp3) is 0.857. The number of carboxylic acid groups (broad SMARTS) is 1. The zero-order chi connectivity index (χ0) is 11.4. The van der Waals surface area contributed by atoms with Crippen LogP contribution >= 0.6 is 0 Å². The highest BCUT2D eigenvalue weighted by Crippen LogP contribution is 2.02. The van der Waals surface area contributed by atoms with E-state index in [1.807, 2.05) is 0 Å². The molecule has 1 unspecified atom stereocenters. The lowest BCUT2D eigenvalue weighted by molar-refractivity contribution is -0.134. The van der Waals surface area contributed by atoms with E-state index in [0.29, 0.717) is 0 Å². The van der Waals surface area contributed by atoms with Crippen LogP contribution in [0.5, 0.6) is 0 Å². The summed E-state index contributed by atoms with van der Waals surface area (Å²) in [5, 5.41) is 17.1. The quantitative estimate of drug-likeness (QED) is 0.538. The van der Waals surface area contributed by atoms with Crippen LogP contribution in [0.2, 0.25) is 0 Å². The van der Waals surface area contributed by atoms with Gasteiger partial charge in [-0.05, 0) is 5.92 Å². The normalized spacial score (nSPS) is 14.3. The molecule has 0 aromatic rings. The summed E-state index contributed by atoms with van der Waals surface area (Å²) in [6.07, 6.45) is 0. The van der Waals surface area contributed by atoms with Crippen molar-refractivity contribution in [3.63, 3.8) is 0 Å². The van der Waals surface area contributed by atoms with Crippen LogP contribution in [0.1, 0.15) is 13.8 Å². The maximum absolute atomic E-state index is 11.1. The first-order valence-corrected chi connectivity index (χ1v) is 5.76. The minimum atomic E-state index is -3.85. The molecule has 0 saturated carbocycles. The molecule has 84 valence electrons. The molecule has 0 aromatic heterocycles. The fourth-order valence-corrected chi connectivity index (χ4v) is 2.04. The summed E-state index contributed by atoms with van der Waals surface area (Å²) in [5.74, 6) is -2.49. The molecule has 14 heavy (non-hydrogen) atoms. The molecule has 6 nitrogen and oxygen atoms in total. The van der Waals surface area contributed by atoms with Crippen LogP contribution in [-0.2, 0) is 14.8 Å². The third-order valence-electron chi connectivity index (χ3n) is 1.65. The number of aliphatic hydroxyl groups is 1. The Morgan fingerprint density at radius 1 is 1.43 bits per heavy atom. The number of hydrogen-bond donors (Lipinski definition) is 3. The van der Waals surface area contributed by atoms with E-state index < -0.39 is 27.8 Å². The van der Waals surface area contributed by atoms with Gasteiger partial charge in [0, 0.05) is 6.04 Å². The van der Waals surface area contributed by atoms with Gasteiger partial charge in [0.25, 0.3) is 0 Å². The molecule has 7 heteroatoms. The Bertz CT molecular complexity index is 284. The topological polar surface area (TPSA) is 104 Å². The molecular weight excluding hydrogens is 210 g/mol. The predicted molar refractivity (Wildman–Crippen MR) is 50.3 cm³/mol. The molecule has 0 bridgehead atoms. The number of aliphatic carboxylic acids is 1. The minimum Gasteiger partial charge on any atom is -0.480 e. The second-order valence-corrected chi connectivity index (χ2v) is 5.06. The number of sulfonamides is 1. The lowest BCUT2D eigenvalue weighted by Crippen LogP contribution is -2.43. The molecule has 0 heterocycles. The van der Waals surface area contributed by atoms with Gasteiger partial charge in [0.1, 0.15) is 0 Å². The monoisotopic (exact) mass is 225 g/mol. The Morgan fingerprint density at radius 2 is 1.93 bits per heavy atom. The van der Waals surface area contributed by atoms with Gasteiger partial charge in [0.05, 0.1) is 6.61 Å². The van der Waals surface area contributed by atoms with Gasteiger partial charge < -0.3 is 10.2 Å². The van der Waals surface area contributed by atoms with Crippen LogP contribution in [-0.4, -0.2) is 43.0 Å². The van der Waals surface area contributed by atoms with Crippen molar-refractivity contribution in [1.29, 1.82) is 0 Å². The van der Waals surface area contributed by atoms with Gasteiger partial charge in [-0.3, -0.25) is 4.79 Å². The van der Waals surface area contributed by atoms with E-state index in [4.69, 9.17) is 10.2 Å². The second-order valence-electron chi connectivity index (χ2n) is 3.30. The number of carboxylic acids is 1. The van der Waals surface area contributed by atoms with E-state index in [9.17, 15) is 13.2 Å². The van der Waals surface area contributed by atoms with Gasteiger partial charge in [-0.1, -0.05) is 13.8 Å². The molecule has 0 aliphatic rings. The summed E-state index contributed by atoms with van der Waals surface area (Å²) in [6.45, 7) is 3.10. The van der Waals surface area contributed by atoms with Crippen LogP contribution in [0.4, 0.5) is 0 Å². The smallest absolute Gasteiger partial charge is 0.320 e. The van der Waals surface area contributed by atoms with E-state index in [1.54, 1.807) is 13.8 Å². The highest BCUT2D eigenvalue weighted by Gasteiger charge is 2.22. The van der Waals surface area contributed by atoms with E-state index >= 15 is 0 Å². The van der Waals surface area contributed by atoms with Crippen molar-refractivity contribution < 1.29 is 23.4 Å². The number of rotatable bonds is 6. The standard InChI is InChI=1S/C7H15NO5S/c1-5(2)6(3-9)8-14(12,13)4-7(10)11/h5-6,8-9H,3-4H2,1-2H3,(H,10,11). The zero-order valence-corrected chi connectivity index (χ0v) is 8.91. The Morgan fingerprint density at radius 3 is 2.21 bits per heavy atom. The number of hydrogen-bond acceptors (Lipinski definition) is 4. The van der Waals surface area contributed by atoms with Crippen LogP contribution in [0.15, 0.2) is 0 Å². The third kappa shape index (κ3) is 5.15. The van der Waals surface area contributed by atoms with E-state index in [-0.39, 0.29) is 12.5 Å². The van der Waals surface area contributed by atoms with Crippen molar-refractivity contribution in [3.05, 3.63) is 0 Å². The predicted octanol–water partition coefficient (Wildman–Crippen LogP) is -0.993. The molecule has 0 aliphatic carbocycles. The van der Waals surface area contributed by atoms with Crippen molar-refractivity contribution in [2.24, 2.45) is 5.92 Å². The summed E-state index contributed by atoms with van der Waals surface area (Å²) < 4.78 is 24.3. The summed E-state index contributed by atoms with van der Waals surface area (Å²) >= 11 is 0. The molecule has 1 atom stereocenters. The van der Waals surface area contributed by atoms with Gasteiger partial charge in [0.15, 0.2) is 5.75 Å². The van der Waals surface area contributed by atoms with E-state index in [2.05, 4.69) is 4.72 Å². The van der Waals surface area contributed by atoms with Gasteiger partial charge in [-0.15, -0.1) is 0 Å². The van der Waals surface area contributed by atoms with E-state index in [1.165, 1.54) is 0 Å². The number of aliphatic hydroxyl groups excluding tert-OH is 1. The van der Waals surface area contributed by atoms with Crippen LogP contribution < -0.4 is 4.72 Å². The fourth-order valence-electron chi connectivity index (χ4n) is 0.819. The minimum absolute atomic E-state index is 0.0939. The molecule has 0 aromatic carbocycles. The molecule has 0 aliphatic heterocycles. The number of nitrogens with one attached hydrogen (secondary N) is 1. The largest absolute Gasteiger partial charge is 0.480 e. The Hall–Kier alpha value is -0.660. The first-order chi connectivity index (χ1) is 6.28. The Kier molecular flexibility index (Phi) is 5.03. The zero-order valence-electron chi connectivity index (χ0n) is 8.10. The van der Waals surface area contributed by atoms with Crippen LogP contribution in [0.3, 0.4) is 0 Å². The molecule has 0 spiro atoms. The SMILES string of the molecule is CC(C)C(CO)NS(=O)(=O)CC(=O)O. The highest BCUT2D eigenvalue weighted by molar-refractivity contribution is 7.90. The van der Waals surface area contributed by atoms with Crippen molar-refractivity contribution in [1.82, 2.24) is 4.72 Å². The van der Waals surface area contributed by atoms with Gasteiger partial charge in [0.2, 0.25) is 10.0 Å². The molecule has 0 saturated heterocycles. The molecule has 0 fully saturated rings.